The maximum absolute atomic E-state index is 4.20. The van der Waals surface area contributed by atoms with Crippen molar-refractivity contribution in [1.29, 1.82) is 0 Å². The minimum atomic E-state index is 0.127. The van der Waals surface area contributed by atoms with Gasteiger partial charge in [0, 0.05) is 0 Å². The van der Waals surface area contributed by atoms with Crippen LogP contribution in [0.2, 0.25) is 0 Å². The van der Waals surface area contributed by atoms with Gasteiger partial charge in [0.25, 0.3) is 0 Å². The van der Waals surface area contributed by atoms with Crippen molar-refractivity contribution in [2.45, 2.75) is 41.5 Å². The van der Waals surface area contributed by atoms with Crippen molar-refractivity contribution in [1.82, 2.24) is 0 Å². The third-order valence-electron chi connectivity index (χ3n) is 2.32. The summed E-state index contributed by atoms with van der Waals surface area (Å²) in [5, 5.41) is 0. The molecule has 0 aliphatic heterocycles. The Balaban J connectivity index is 5.18. The van der Waals surface area contributed by atoms with Gasteiger partial charge in [0.15, 0.2) is 0 Å². The molecule has 0 aromatic heterocycles. The zero-order chi connectivity index (χ0) is 11.6. The van der Waals surface area contributed by atoms with E-state index in [-0.39, 0.29) is 10.8 Å². The highest BCUT2D eigenvalue weighted by molar-refractivity contribution is 5.38. The second kappa shape index (κ2) is 4.16. The molecule has 0 nitrogen and oxygen atoms in total. The van der Waals surface area contributed by atoms with Crippen molar-refractivity contribution in [3.8, 4) is 0 Å². The number of hydrogen-bond acceptors (Lipinski definition) is 0. The summed E-state index contributed by atoms with van der Waals surface area (Å²) in [4.78, 5) is 0. The molecule has 14 heavy (non-hydrogen) atoms. The zero-order valence-electron chi connectivity index (χ0n) is 10.6. The fourth-order valence-electron chi connectivity index (χ4n) is 1.33. The fourth-order valence-corrected chi connectivity index (χ4v) is 1.33. The molecule has 0 aromatic rings. The standard InChI is InChI=1S/C14H24/c1-9-10-12(14(6,7)8)11(2)13(3,4)5/h9-10H,1-2H2,3-8H3/b12-10+. The Morgan fingerprint density at radius 3 is 1.57 bits per heavy atom. The monoisotopic (exact) mass is 192 g/mol. The molecule has 0 radical (unpaired) electrons. The highest BCUT2D eigenvalue weighted by Gasteiger charge is 2.25. The summed E-state index contributed by atoms with van der Waals surface area (Å²) in [6.45, 7) is 21.2. The van der Waals surface area contributed by atoms with Crippen molar-refractivity contribution in [3.05, 3.63) is 36.5 Å². The van der Waals surface area contributed by atoms with Crippen LogP contribution in [-0.4, -0.2) is 0 Å². The first kappa shape index (κ1) is 13.2. The normalized spacial score (nSPS) is 14.0. The second-order valence-electron chi connectivity index (χ2n) is 5.79. The van der Waals surface area contributed by atoms with Gasteiger partial charge in [0.05, 0.1) is 0 Å². The van der Waals surface area contributed by atoms with Crippen LogP contribution in [0, 0.1) is 10.8 Å². The molecule has 0 fully saturated rings. The lowest BCUT2D eigenvalue weighted by atomic mass is 9.73. The van der Waals surface area contributed by atoms with Crippen molar-refractivity contribution < 1.29 is 0 Å². The van der Waals surface area contributed by atoms with Gasteiger partial charge in [-0.3, -0.25) is 0 Å². The van der Waals surface area contributed by atoms with Crippen LogP contribution in [0.25, 0.3) is 0 Å². The maximum atomic E-state index is 4.20. The molecule has 0 unspecified atom stereocenters. The van der Waals surface area contributed by atoms with Crippen molar-refractivity contribution in [2.75, 3.05) is 0 Å². The lowest BCUT2D eigenvalue weighted by Gasteiger charge is -2.32. The second-order valence-corrected chi connectivity index (χ2v) is 5.79. The topological polar surface area (TPSA) is 0 Å². The molecule has 0 rings (SSSR count). The summed E-state index contributed by atoms with van der Waals surface area (Å²) >= 11 is 0. The Hall–Kier alpha value is -0.780. The Bertz CT molecular complexity index is 251. The highest BCUT2D eigenvalue weighted by Crippen LogP contribution is 2.39. The number of rotatable bonds is 2. The molecule has 0 saturated carbocycles. The third-order valence-corrected chi connectivity index (χ3v) is 2.32. The van der Waals surface area contributed by atoms with Gasteiger partial charge in [-0.2, -0.15) is 0 Å². The van der Waals surface area contributed by atoms with E-state index in [1.54, 1.807) is 0 Å². The Morgan fingerprint density at radius 1 is 0.929 bits per heavy atom. The summed E-state index contributed by atoms with van der Waals surface area (Å²) in [5.41, 5.74) is 2.76. The van der Waals surface area contributed by atoms with E-state index in [1.807, 2.05) is 6.08 Å². The number of hydrogen-bond donors (Lipinski definition) is 0. The first-order valence-corrected chi connectivity index (χ1v) is 5.13. The molecule has 0 heterocycles. The maximum Gasteiger partial charge on any atom is -0.0129 e. The Morgan fingerprint density at radius 2 is 1.36 bits per heavy atom. The van der Waals surface area contributed by atoms with E-state index in [2.05, 4.69) is 60.8 Å². The molecule has 0 saturated heterocycles. The largest absolute Gasteiger partial charge is 0.0991 e. The van der Waals surface area contributed by atoms with Gasteiger partial charge >= 0.3 is 0 Å². The molecule has 0 heteroatoms. The van der Waals surface area contributed by atoms with E-state index in [4.69, 9.17) is 0 Å². The average molecular weight is 192 g/mol. The van der Waals surface area contributed by atoms with Gasteiger partial charge in [0.2, 0.25) is 0 Å². The van der Waals surface area contributed by atoms with Gasteiger partial charge in [-0.15, -0.1) is 0 Å². The van der Waals surface area contributed by atoms with Gasteiger partial charge in [-0.1, -0.05) is 66.9 Å². The predicted molar refractivity (Wildman–Crippen MR) is 66.3 cm³/mol. The minimum Gasteiger partial charge on any atom is -0.0991 e. The van der Waals surface area contributed by atoms with Crippen LogP contribution in [0.5, 0.6) is 0 Å². The van der Waals surface area contributed by atoms with Crippen molar-refractivity contribution in [2.24, 2.45) is 10.8 Å². The van der Waals surface area contributed by atoms with Crippen LogP contribution >= 0.6 is 0 Å². The van der Waals surface area contributed by atoms with Gasteiger partial charge in [-0.05, 0) is 22.0 Å². The first-order valence-electron chi connectivity index (χ1n) is 5.13. The summed E-state index contributed by atoms with van der Waals surface area (Å²) in [6, 6.07) is 0. The van der Waals surface area contributed by atoms with E-state index in [9.17, 15) is 0 Å². The fraction of sp³-hybridized carbons (Fsp3) is 0.571. The van der Waals surface area contributed by atoms with Crippen LogP contribution in [0.15, 0.2) is 36.5 Å². The van der Waals surface area contributed by atoms with Crippen molar-refractivity contribution >= 4 is 0 Å². The molecule has 0 aliphatic rings. The van der Waals surface area contributed by atoms with Crippen LogP contribution in [0.4, 0.5) is 0 Å². The highest BCUT2D eigenvalue weighted by atomic mass is 14.3. The van der Waals surface area contributed by atoms with E-state index in [0.29, 0.717) is 0 Å². The lowest BCUT2D eigenvalue weighted by molar-refractivity contribution is 0.447. The molecule has 0 atom stereocenters. The molecule has 0 amide bonds. The smallest absolute Gasteiger partial charge is 0.0129 e. The summed E-state index contributed by atoms with van der Waals surface area (Å²) in [7, 11) is 0. The molecule has 0 aromatic carbocycles. The SMILES string of the molecule is C=C/C=C(\C(=C)C(C)(C)C)C(C)(C)C. The van der Waals surface area contributed by atoms with E-state index < -0.39 is 0 Å². The van der Waals surface area contributed by atoms with Gasteiger partial charge in [-0.25, -0.2) is 0 Å². The Labute approximate surface area is 89.4 Å². The molecule has 0 aliphatic carbocycles. The van der Waals surface area contributed by atoms with E-state index in [1.165, 1.54) is 11.1 Å². The molecular formula is C14H24. The molecular weight excluding hydrogens is 168 g/mol. The summed E-state index contributed by atoms with van der Waals surface area (Å²) in [5.74, 6) is 0. The minimum absolute atomic E-state index is 0.127. The van der Waals surface area contributed by atoms with Crippen LogP contribution in [0.3, 0.4) is 0 Å². The van der Waals surface area contributed by atoms with Crippen LogP contribution in [0.1, 0.15) is 41.5 Å². The quantitative estimate of drug-likeness (QED) is 0.554. The summed E-state index contributed by atoms with van der Waals surface area (Å²) < 4.78 is 0. The first-order chi connectivity index (χ1) is 6.10. The molecule has 0 N–H and O–H groups in total. The third kappa shape index (κ3) is 3.53. The summed E-state index contributed by atoms with van der Waals surface area (Å²) in [6.07, 6.45) is 3.92. The van der Waals surface area contributed by atoms with Crippen LogP contribution < -0.4 is 0 Å². The molecule has 0 bridgehead atoms. The van der Waals surface area contributed by atoms with Gasteiger partial charge in [0.1, 0.15) is 0 Å². The Kier molecular flexibility index (Phi) is 3.93. The lowest BCUT2D eigenvalue weighted by Crippen LogP contribution is -2.19. The molecule has 0 spiro atoms. The predicted octanol–water partition coefficient (Wildman–Crippen LogP) is 4.75. The van der Waals surface area contributed by atoms with Gasteiger partial charge < -0.3 is 0 Å². The average Bonchev–Trinajstić information content (AvgIpc) is 1.94. The van der Waals surface area contributed by atoms with Crippen molar-refractivity contribution in [3.63, 3.8) is 0 Å². The van der Waals surface area contributed by atoms with E-state index in [0.717, 1.165) is 0 Å². The van der Waals surface area contributed by atoms with E-state index >= 15 is 0 Å². The van der Waals surface area contributed by atoms with Crippen LogP contribution in [-0.2, 0) is 0 Å². The number of allylic oxidation sites excluding steroid dienone is 4. The molecule has 80 valence electrons. The zero-order valence-corrected chi connectivity index (χ0v) is 10.6.